The summed E-state index contributed by atoms with van der Waals surface area (Å²) in [6.07, 6.45) is 5.97. The number of aliphatic imine (C=N–C) groups is 2. The van der Waals surface area contributed by atoms with E-state index in [4.69, 9.17) is 16.0 Å². The van der Waals surface area contributed by atoms with E-state index in [0.717, 1.165) is 43.4 Å². The maximum atomic E-state index is 6.25. The number of benzene rings is 1. The minimum Gasteiger partial charge on any atom is -0.369 e. The largest absolute Gasteiger partial charge is 0.369 e. The molecule has 1 spiro atoms. The maximum absolute atomic E-state index is 6.25. The number of hydrogen-bond donors (Lipinski definition) is 2. The van der Waals surface area contributed by atoms with Crippen LogP contribution in [0.25, 0.3) is 11.5 Å². The number of aryl methyl sites for hydroxylation is 1. The van der Waals surface area contributed by atoms with Crippen LogP contribution in [0.1, 0.15) is 44.9 Å². The van der Waals surface area contributed by atoms with Gasteiger partial charge in [-0.3, -0.25) is 4.90 Å². The highest BCUT2D eigenvalue weighted by Gasteiger charge is 2.42. The minimum atomic E-state index is -0.435. The van der Waals surface area contributed by atoms with Gasteiger partial charge in [-0.1, -0.05) is 18.5 Å². The minimum absolute atomic E-state index is 0.259. The van der Waals surface area contributed by atoms with Gasteiger partial charge in [0.05, 0.1) is 0 Å². The van der Waals surface area contributed by atoms with Gasteiger partial charge in [-0.2, -0.15) is 9.98 Å². The van der Waals surface area contributed by atoms with Gasteiger partial charge in [0.2, 0.25) is 11.9 Å². The van der Waals surface area contributed by atoms with Crippen LogP contribution in [-0.4, -0.2) is 27.7 Å². The summed E-state index contributed by atoms with van der Waals surface area (Å²) in [5, 5.41) is 3.94. The molecule has 2 aromatic rings. The summed E-state index contributed by atoms with van der Waals surface area (Å²) in [7, 11) is 0. The van der Waals surface area contributed by atoms with Crippen LogP contribution in [0.2, 0.25) is 0 Å². The van der Waals surface area contributed by atoms with E-state index in [9.17, 15) is 0 Å². The Kier molecular flexibility index (Phi) is 4.10. The van der Waals surface area contributed by atoms with Crippen molar-refractivity contribution in [3.05, 3.63) is 30.1 Å². The van der Waals surface area contributed by atoms with Crippen molar-refractivity contribution in [2.45, 2.75) is 51.1 Å². The average Bonchev–Trinajstić information content (AvgIpc) is 3.11. The van der Waals surface area contributed by atoms with Gasteiger partial charge in [0.15, 0.2) is 5.82 Å². The molecule has 8 heteroatoms. The molecular formula is C18H23N7O. The second-order valence-electron chi connectivity index (χ2n) is 6.73. The SMILES string of the molecule is CCc1noc(-c2ccc(N3C(N)=NC(N)=NC34CCCCC4)cc2)n1. The first-order chi connectivity index (χ1) is 12.6. The molecule has 0 radical (unpaired) electrons. The van der Waals surface area contributed by atoms with Crippen molar-refractivity contribution in [2.24, 2.45) is 21.5 Å². The van der Waals surface area contributed by atoms with Crippen LogP contribution in [0.15, 0.2) is 38.8 Å². The molecule has 4 N–H and O–H groups in total. The lowest BCUT2D eigenvalue weighted by Crippen LogP contribution is -2.58. The summed E-state index contributed by atoms with van der Waals surface area (Å²) in [5.74, 6) is 1.86. The van der Waals surface area contributed by atoms with E-state index < -0.39 is 5.66 Å². The molecule has 1 fully saturated rings. The number of aromatic nitrogens is 2. The fourth-order valence-electron chi connectivity index (χ4n) is 3.76. The zero-order valence-electron chi connectivity index (χ0n) is 14.9. The quantitative estimate of drug-likeness (QED) is 0.874. The monoisotopic (exact) mass is 353 g/mol. The summed E-state index contributed by atoms with van der Waals surface area (Å²) in [6.45, 7) is 1.99. The molecular weight excluding hydrogens is 330 g/mol. The molecule has 0 atom stereocenters. The third-order valence-corrected chi connectivity index (χ3v) is 5.01. The number of hydrogen-bond acceptors (Lipinski definition) is 8. The molecule has 1 aromatic carbocycles. The van der Waals surface area contributed by atoms with Gasteiger partial charge in [0.25, 0.3) is 5.89 Å². The van der Waals surface area contributed by atoms with E-state index >= 15 is 0 Å². The topological polar surface area (TPSA) is 119 Å². The van der Waals surface area contributed by atoms with Crippen molar-refractivity contribution in [2.75, 3.05) is 4.90 Å². The van der Waals surface area contributed by atoms with Gasteiger partial charge in [-0.25, -0.2) is 4.99 Å². The summed E-state index contributed by atoms with van der Waals surface area (Å²) >= 11 is 0. The summed E-state index contributed by atoms with van der Waals surface area (Å²) < 4.78 is 5.31. The Balaban J connectivity index is 1.68. The van der Waals surface area contributed by atoms with Gasteiger partial charge in [0.1, 0.15) is 5.66 Å². The summed E-state index contributed by atoms with van der Waals surface area (Å²) in [5.41, 5.74) is 13.5. The van der Waals surface area contributed by atoms with Crippen molar-refractivity contribution in [1.29, 1.82) is 0 Å². The Bertz CT molecular complexity index is 847. The zero-order valence-corrected chi connectivity index (χ0v) is 14.9. The summed E-state index contributed by atoms with van der Waals surface area (Å²) in [4.78, 5) is 15.3. The smallest absolute Gasteiger partial charge is 0.257 e. The van der Waals surface area contributed by atoms with Crippen molar-refractivity contribution in [3.63, 3.8) is 0 Å². The standard InChI is InChI=1S/C18H23N7O/c1-2-14-21-15(26-24-14)12-6-8-13(9-7-12)25-17(20)22-16(19)23-18(25)10-4-3-5-11-18/h6-9H,2-5,10-11H2,1H3,(H4,19,20,22,23). The molecule has 8 nitrogen and oxygen atoms in total. The third kappa shape index (κ3) is 2.81. The predicted molar refractivity (Wildman–Crippen MR) is 101 cm³/mol. The van der Waals surface area contributed by atoms with E-state index in [2.05, 4.69) is 20.1 Å². The van der Waals surface area contributed by atoms with Crippen molar-refractivity contribution in [3.8, 4) is 11.5 Å². The molecule has 0 unspecified atom stereocenters. The van der Waals surface area contributed by atoms with Crippen LogP contribution in [0.3, 0.4) is 0 Å². The Morgan fingerprint density at radius 1 is 1.12 bits per heavy atom. The average molecular weight is 353 g/mol. The Labute approximate surface area is 152 Å². The Morgan fingerprint density at radius 2 is 1.85 bits per heavy atom. The lowest BCUT2D eigenvalue weighted by Gasteiger charge is -2.45. The first-order valence-corrected chi connectivity index (χ1v) is 9.04. The molecule has 1 aliphatic heterocycles. The number of nitrogens with two attached hydrogens (primary N) is 2. The van der Waals surface area contributed by atoms with Crippen molar-refractivity contribution in [1.82, 2.24) is 10.1 Å². The van der Waals surface area contributed by atoms with E-state index in [-0.39, 0.29) is 5.96 Å². The van der Waals surface area contributed by atoms with Gasteiger partial charge in [-0.15, -0.1) is 0 Å². The first kappa shape index (κ1) is 16.6. The predicted octanol–water partition coefficient (Wildman–Crippen LogP) is 2.41. The van der Waals surface area contributed by atoms with Crippen LogP contribution in [-0.2, 0) is 6.42 Å². The molecule has 0 bridgehead atoms. The number of guanidine groups is 2. The molecule has 2 heterocycles. The highest BCUT2D eigenvalue weighted by Crippen LogP contribution is 2.39. The highest BCUT2D eigenvalue weighted by molar-refractivity contribution is 6.05. The van der Waals surface area contributed by atoms with Crippen LogP contribution >= 0.6 is 0 Å². The Morgan fingerprint density at radius 3 is 2.50 bits per heavy atom. The van der Waals surface area contributed by atoms with Crippen molar-refractivity contribution < 1.29 is 4.52 Å². The van der Waals surface area contributed by atoms with E-state index in [0.29, 0.717) is 17.7 Å². The van der Waals surface area contributed by atoms with Crippen molar-refractivity contribution >= 4 is 17.6 Å². The fraction of sp³-hybridized carbons (Fsp3) is 0.444. The van der Waals surface area contributed by atoms with E-state index in [1.165, 1.54) is 6.42 Å². The number of nitrogens with zero attached hydrogens (tertiary/aromatic N) is 5. The lowest BCUT2D eigenvalue weighted by atomic mass is 9.87. The molecule has 1 aromatic heterocycles. The van der Waals surface area contributed by atoms with Crippen LogP contribution in [0.4, 0.5) is 5.69 Å². The van der Waals surface area contributed by atoms with E-state index in [1.54, 1.807) is 0 Å². The second-order valence-corrected chi connectivity index (χ2v) is 6.73. The van der Waals surface area contributed by atoms with Gasteiger partial charge < -0.3 is 16.0 Å². The first-order valence-electron chi connectivity index (χ1n) is 9.04. The number of rotatable bonds is 3. The third-order valence-electron chi connectivity index (χ3n) is 5.01. The van der Waals surface area contributed by atoms with E-state index in [1.807, 2.05) is 36.1 Å². The fourth-order valence-corrected chi connectivity index (χ4v) is 3.76. The Hall–Kier alpha value is -2.90. The normalized spacial score (nSPS) is 19.3. The molecule has 0 saturated heterocycles. The van der Waals surface area contributed by atoms with Gasteiger partial charge in [0, 0.05) is 17.7 Å². The molecule has 1 saturated carbocycles. The molecule has 2 aliphatic rings. The van der Waals surface area contributed by atoms with Crippen LogP contribution in [0.5, 0.6) is 0 Å². The maximum Gasteiger partial charge on any atom is 0.257 e. The lowest BCUT2D eigenvalue weighted by molar-refractivity contribution is 0.305. The molecule has 26 heavy (non-hydrogen) atoms. The highest BCUT2D eigenvalue weighted by atomic mass is 16.5. The number of anilines is 1. The molecule has 0 amide bonds. The zero-order chi connectivity index (χ0) is 18.1. The molecule has 1 aliphatic carbocycles. The van der Waals surface area contributed by atoms with Gasteiger partial charge in [-0.05, 0) is 49.9 Å². The summed E-state index contributed by atoms with van der Waals surface area (Å²) in [6, 6.07) is 7.88. The van der Waals surface area contributed by atoms with Crippen LogP contribution in [0, 0.1) is 0 Å². The van der Waals surface area contributed by atoms with Gasteiger partial charge >= 0.3 is 0 Å². The second kappa shape index (κ2) is 6.44. The molecule has 136 valence electrons. The van der Waals surface area contributed by atoms with Crippen LogP contribution < -0.4 is 16.4 Å². The molecule has 4 rings (SSSR count).